The molecule has 0 unspecified atom stereocenters. The lowest BCUT2D eigenvalue weighted by molar-refractivity contribution is 0.100. The number of hydrogen-bond donors (Lipinski definition) is 2. The van der Waals surface area contributed by atoms with Crippen molar-refractivity contribution in [1.82, 2.24) is 4.57 Å². The predicted octanol–water partition coefficient (Wildman–Crippen LogP) is 2.95. The Balaban J connectivity index is 2.60. The van der Waals surface area contributed by atoms with E-state index in [1.807, 2.05) is 0 Å². The molecule has 0 bridgehead atoms. The Morgan fingerprint density at radius 1 is 1.43 bits per heavy atom. The predicted molar refractivity (Wildman–Crippen MR) is 87.4 cm³/mol. The van der Waals surface area contributed by atoms with Gasteiger partial charge in [0.25, 0.3) is 11.5 Å². The van der Waals surface area contributed by atoms with Gasteiger partial charge in [0.15, 0.2) is 0 Å². The van der Waals surface area contributed by atoms with Crippen molar-refractivity contribution in [3.8, 4) is 0 Å². The first-order chi connectivity index (χ1) is 9.81. The fourth-order valence-corrected chi connectivity index (χ4v) is 2.68. The highest BCUT2D eigenvalue weighted by molar-refractivity contribution is 9.10. The standard InChI is InChI=1S/C14H13BrClN3O2/c1-7-12(9(13(17)20)6-19(2)14(7)21)18-11-4-3-8(15)5-10(11)16/h3-6,18H,1-2H3,(H2,17,20). The zero-order valence-electron chi connectivity index (χ0n) is 11.4. The lowest BCUT2D eigenvalue weighted by Crippen LogP contribution is -2.25. The summed E-state index contributed by atoms with van der Waals surface area (Å²) < 4.78 is 2.15. The lowest BCUT2D eigenvalue weighted by atomic mass is 10.1. The second-order valence-corrected chi connectivity index (χ2v) is 5.90. The topological polar surface area (TPSA) is 77.1 Å². The molecule has 1 amide bonds. The molecule has 0 atom stereocenters. The number of halogens is 2. The number of carbonyl (C=O) groups is 1. The summed E-state index contributed by atoms with van der Waals surface area (Å²) in [5.41, 5.74) is 6.75. The van der Waals surface area contributed by atoms with Crippen LogP contribution in [0.3, 0.4) is 0 Å². The number of nitrogens with one attached hydrogen (secondary N) is 1. The van der Waals surface area contributed by atoms with Crippen molar-refractivity contribution in [3.05, 3.63) is 55.4 Å². The number of aromatic nitrogens is 1. The van der Waals surface area contributed by atoms with Gasteiger partial charge < -0.3 is 15.6 Å². The number of rotatable bonds is 3. The molecule has 0 saturated heterocycles. The molecule has 110 valence electrons. The first kappa shape index (κ1) is 15.6. The van der Waals surface area contributed by atoms with Crippen LogP contribution in [0.5, 0.6) is 0 Å². The van der Waals surface area contributed by atoms with Crippen LogP contribution in [0.1, 0.15) is 15.9 Å². The molecule has 1 heterocycles. The Kier molecular flexibility index (Phi) is 4.39. The normalized spacial score (nSPS) is 10.5. The molecule has 0 aliphatic carbocycles. The highest BCUT2D eigenvalue weighted by atomic mass is 79.9. The summed E-state index contributed by atoms with van der Waals surface area (Å²) in [6.45, 7) is 1.63. The van der Waals surface area contributed by atoms with Gasteiger partial charge in [-0.05, 0) is 25.1 Å². The van der Waals surface area contributed by atoms with Crippen molar-refractivity contribution in [2.24, 2.45) is 12.8 Å². The third kappa shape index (κ3) is 3.11. The number of hydrogen-bond acceptors (Lipinski definition) is 3. The molecule has 0 aliphatic heterocycles. The molecule has 2 rings (SSSR count). The van der Waals surface area contributed by atoms with E-state index in [4.69, 9.17) is 17.3 Å². The number of benzene rings is 1. The van der Waals surface area contributed by atoms with E-state index in [1.54, 1.807) is 32.2 Å². The first-order valence-electron chi connectivity index (χ1n) is 6.03. The van der Waals surface area contributed by atoms with Gasteiger partial charge in [-0.3, -0.25) is 9.59 Å². The highest BCUT2D eigenvalue weighted by Gasteiger charge is 2.16. The largest absolute Gasteiger partial charge is 0.365 e. The van der Waals surface area contributed by atoms with Gasteiger partial charge in [0.1, 0.15) is 0 Å². The minimum Gasteiger partial charge on any atom is -0.365 e. The van der Waals surface area contributed by atoms with Crippen molar-refractivity contribution < 1.29 is 4.79 Å². The molecule has 0 aliphatic rings. The van der Waals surface area contributed by atoms with Gasteiger partial charge in [0.2, 0.25) is 0 Å². The Hall–Kier alpha value is -1.79. The van der Waals surface area contributed by atoms with Gasteiger partial charge in [0.05, 0.1) is 22.0 Å². The summed E-state index contributed by atoms with van der Waals surface area (Å²) in [7, 11) is 1.57. The van der Waals surface area contributed by atoms with Crippen LogP contribution in [0.2, 0.25) is 5.02 Å². The van der Waals surface area contributed by atoms with Crippen LogP contribution in [-0.2, 0) is 7.05 Å². The minimum absolute atomic E-state index is 0.212. The van der Waals surface area contributed by atoms with Gasteiger partial charge in [-0.25, -0.2) is 0 Å². The van der Waals surface area contributed by atoms with Crippen LogP contribution in [-0.4, -0.2) is 10.5 Å². The van der Waals surface area contributed by atoms with Crippen LogP contribution in [0.25, 0.3) is 0 Å². The summed E-state index contributed by atoms with van der Waals surface area (Å²) in [6, 6.07) is 5.26. The summed E-state index contributed by atoms with van der Waals surface area (Å²) in [5, 5.41) is 3.48. The number of pyridine rings is 1. The highest BCUT2D eigenvalue weighted by Crippen LogP contribution is 2.30. The third-order valence-corrected chi connectivity index (χ3v) is 3.87. The molecule has 2 aromatic rings. The molecule has 5 nitrogen and oxygen atoms in total. The Morgan fingerprint density at radius 3 is 2.67 bits per heavy atom. The fraction of sp³-hybridized carbons (Fsp3) is 0.143. The van der Waals surface area contributed by atoms with E-state index in [1.165, 1.54) is 10.8 Å². The van der Waals surface area contributed by atoms with E-state index in [9.17, 15) is 9.59 Å². The minimum atomic E-state index is -0.621. The average Bonchev–Trinajstić information content (AvgIpc) is 2.41. The van der Waals surface area contributed by atoms with Crippen molar-refractivity contribution in [2.45, 2.75) is 6.92 Å². The average molecular weight is 371 g/mol. The van der Waals surface area contributed by atoms with E-state index in [2.05, 4.69) is 21.2 Å². The number of carbonyl (C=O) groups excluding carboxylic acids is 1. The maximum Gasteiger partial charge on any atom is 0.255 e. The summed E-state index contributed by atoms with van der Waals surface area (Å²) in [5.74, 6) is -0.621. The number of aryl methyl sites for hydroxylation is 1. The van der Waals surface area contributed by atoms with Crippen LogP contribution in [0.15, 0.2) is 33.7 Å². The molecular formula is C14H13BrClN3O2. The maximum atomic E-state index is 12.0. The van der Waals surface area contributed by atoms with Crippen molar-refractivity contribution >= 4 is 44.8 Å². The molecule has 1 aromatic heterocycles. The number of primary amides is 1. The molecule has 21 heavy (non-hydrogen) atoms. The number of amides is 1. The molecule has 1 aromatic carbocycles. The van der Waals surface area contributed by atoms with E-state index >= 15 is 0 Å². The third-order valence-electron chi connectivity index (χ3n) is 3.06. The molecule has 0 saturated carbocycles. The Bertz CT molecular complexity index is 787. The van der Waals surface area contributed by atoms with Crippen LogP contribution in [0, 0.1) is 6.92 Å². The van der Waals surface area contributed by atoms with Crippen molar-refractivity contribution in [2.75, 3.05) is 5.32 Å². The smallest absolute Gasteiger partial charge is 0.255 e. The van der Waals surface area contributed by atoms with E-state index in [0.717, 1.165) is 4.47 Å². The summed E-state index contributed by atoms with van der Waals surface area (Å²) in [4.78, 5) is 23.6. The molecule has 3 N–H and O–H groups in total. The number of nitrogens with two attached hydrogens (primary N) is 1. The van der Waals surface area contributed by atoms with E-state index in [0.29, 0.717) is 22.0 Å². The first-order valence-corrected chi connectivity index (χ1v) is 7.20. The monoisotopic (exact) mass is 369 g/mol. The number of anilines is 2. The molecule has 0 spiro atoms. The summed E-state index contributed by atoms with van der Waals surface area (Å²) in [6.07, 6.45) is 1.41. The van der Waals surface area contributed by atoms with Crippen LogP contribution in [0.4, 0.5) is 11.4 Å². The molecule has 0 radical (unpaired) electrons. The Labute approximate surface area is 134 Å². The van der Waals surface area contributed by atoms with Gasteiger partial charge in [-0.15, -0.1) is 0 Å². The maximum absolute atomic E-state index is 12.0. The Morgan fingerprint density at radius 2 is 2.10 bits per heavy atom. The zero-order chi connectivity index (χ0) is 15.7. The molecule has 7 heteroatoms. The SMILES string of the molecule is Cc1c(Nc2ccc(Br)cc2Cl)c(C(N)=O)cn(C)c1=O. The molecular weight excluding hydrogens is 358 g/mol. The van der Waals surface area contributed by atoms with Crippen LogP contribution < -0.4 is 16.6 Å². The van der Waals surface area contributed by atoms with Crippen LogP contribution >= 0.6 is 27.5 Å². The molecule has 0 fully saturated rings. The summed E-state index contributed by atoms with van der Waals surface area (Å²) >= 11 is 9.46. The van der Waals surface area contributed by atoms with Gasteiger partial charge >= 0.3 is 0 Å². The second-order valence-electron chi connectivity index (χ2n) is 4.57. The quantitative estimate of drug-likeness (QED) is 0.872. The number of nitrogens with zero attached hydrogens (tertiary/aromatic N) is 1. The second kappa shape index (κ2) is 5.91. The van der Waals surface area contributed by atoms with Crippen molar-refractivity contribution in [3.63, 3.8) is 0 Å². The zero-order valence-corrected chi connectivity index (χ0v) is 13.7. The lowest BCUT2D eigenvalue weighted by Gasteiger charge is -2.15. The van der Waals surface area contributed by atoms with Gasteiger partial charge in [0, 0.05) is 23.3 Å². The fourth-order valence-electron chi connectivity index (χ4n) is 1.96. The van der Waals surface area contributed by atoms with Gasteiger partial charge in [-0.2, -0.15) is 0 Å². The van der Waals surface area contributed by atoms with E-state index < -0.39 is 5.91 Å². The van der Waals surface area contributed by atoms with Crippen molar-refractivity contribution in [1.29, 1.82) is 0 Å². The van der Waals surface area contributed by atoms with E-state index in [-0.39, 0.29) is 11.1 Å². The van der Waals surface area contributed by atoms with Gasteiger partial charge in [-0.1, -0.05) is 27.5 Å².